The number of hydrogen-bond donors (Lipinski definition) is 1. The van der Waals surface area contributed by atoms with Crippen molar-refractivity contribution in [3.63, 3.8) is 0 Å². The molecule has 0 saturated carbocycles. The summed E-state index contributed by atoms with van der Waals surface area (Å²) >= 11 is 0. The Kier molecular flexibility index (Phi) is 5.20. The minimum absolute atomic E-state index is 0.134. The van der Waals surface area contributed by atoms with Gasteiger partial charge in [0.2, 0.25) is 0 Å². The molecule has 0 spiro atoms. The number of carbonyl (C=O) groups excluding carboxylic acids is 1. The Morgan fingerprint density at radius 2 is 2.17 bits per heavy atom. The van der Waals surface area contributed by atoms with Gasteiger partial charge in [-0.25, -0.2) is 0 Å². The molecule has 1 aliphatic heterocycles. The monoisotopic (exact) mass is 329 g/mol. The highest BCUT2D eigenvalue weighted by atomic mass is 16.5. The van der Waals surface area contributed by atoms with Gasteiger partial charge in [0.1, 0.15) is 0 Å². The molecule has 1 aromatic carbocycles. The number of aromatic nitrogens is 4. The van der Waals surface area contributed by atoms with Gasteiger partial charge in [-0.3, -0.25) is 4.79 Å². The summed E-state index contributed by atoms with van der Waals surface area (Å²) in [4.78, 5) is 14.0. The fraction of sp³-hybridized carbons (Fsp3) is 0.529. The fourth-order valence-corrected chi connectivity index (χ4v) is 2.77. The van der Waals surface area contributed by atoms with Crippen molar-refractivity contribution in [2.45, 2.75) is 45.4 Å². The molecule has 1 fully saturated rings. The summed E-state index contributed by atoms with van der Waals surface area (Å²) in [5, 5.41) is 15.7. The van der Waals surface area contributed by atoms with Crippen molar-refractivity contribution in [3.05, 3.63) is 41.7 Å². The van der Waals surface area contributed by atoms with E-state index in [1.54, 1.807) is 16.9 Å². The zero-order chi connectivity index (χ0) is 16.9. The Hall–Kier alpha value is -2.28. The fourth-order valence-electron chi connectivity index (χ4n) is 2.77. The van der Waals surface area contributed by atoms with Crippen molar-refractivity contribution in [1.29, 1.82) is 0 Å². The summed E-state index contributed by atoms with van der Waals surface area (Å²) in [6.07, 6.45) is 2.26. The van der Waals surface area contributed by atoms with Crippen LogP contribution in [0.4, 0.5) is 0 Å². The molecule has 1 aliphatic rings. The summed E-state index contributed by atoms with van der Waals surface area (Å²) in [6.45, 7) is 5.45. The second-order valence-electron chi connectivity index (χ2n) is 6.40. The average molecular weight is 329 g/mol. The van der Waals surface area contributed by atoms with Crippen LogP contribution in [-0.4, -0.2) is 38.8 Å². The summed E-state index contributed by atoms with van der Waals surface area (Å²) in [6, 6.07) is 8.86. The van der Waals surface area contributed by atoms with E-state index in [1.165, 1.54) is 0 Å². The van der Waals surface area contributed by atoms with Gasteiger partial charge in [0.15, 0.2) is 5.82 Å². The average Bonchev–Trinajstić information content (AvgIpc) is 3.25. The number of nitrogens with one attached hydrogen (secondary N) is 1. The van der Waals surface area contributed by atoms with Gasteiger partial charge < -0.3 is 10.1 Å². The Morgan fingerprint density at radius 1 is 1.38 bits per heavy atom. The van der Waals surface area contributed by atoms with E-state index in [9.17, 15) is 4.79 Å². The molecule has 3 rings (SSSR count). The van der Waals surface area contributed by atoms with Gasteiger partial charge in [-0.05, 0) is 36.1 Å². The summed E-state index contributed by atoms with van der Waals surface area (Å²) in [7, 11) is 0. The lowest BCUT2D eigenvalue weighted by atomic mass is 10.0. The number of nitrogens with zero attached hydrogens (tertiary/aromatic N) is 4. The van der Waals surface area contributed by atoms with Crippen LogP contribution >= 0.6 is 0 Å². The van der Waals surface area contributed by atoms with Crippen LogP contribution in [0.5, 0.6) is 0 Å². The summed E-state index contributed by atoms with van der Waals surface area (Å²) in [5.41, 5.74) is 0.620. The molecule has 0 unspecified atom stereocenters. The quantitative estimate of drug-likeness (QED) is 0.876. The first-order chi connectivity index (χ1) is 11.6. The normalized spacial score (nSPS) is 18.7. The predicted octanol–water partition coefficient (Wildman–Crippen LogP) is 1.98. The van der Waals surface area contributed by atoms with Crippen LogP contribution in [-0.2, 0) is 11.3 Å². The van der Waals surface area contributed by atoms with Gasteiger partial charge in [0.05, 0.1) is 18.7 Å². The maximum Gasteiger partial charge on any atom is 0.251 e. The van der Waals surface area contributed by atoms with Crippen LogP contribution in [0.3, 0.4) is 0 Å². The molecule has 1 saturated heterocycles. The van der Waals surface area contributed by atoms with Crippen molar-refractivity contribution in [1.82, 2.24) is 25.5 Å². The third kappa shape index (κ3) is 3.97. The second kappa shape index (κ2) is 7.53. The molecule has 128 valence electrons. The number of rotatable bonds is 6. The predicted molar refractivity (Wildman–Crippen MR) is 88.3 cm³/mol. The topological polar surface area (TPSA) is 81.9 Å². The lowest BCUT2D eigenvalue weighted by Gasteiger charge is -2.19. The van der Waals surface area contributed by atoms with Gasteiger partial charge in [-0.2, -0.15) is 4.80 Å². The van der Waals surface area contributed by atoms with Crippen LogP contribution < -0.4 is 5.32 Å². The van der Waals surface area contributed by atoms with Crippen LogP contribution in [0.25, 0.3) is 0 Å². The zero-order valence-electron chi connectivity index (χ0n) is 14.1. The minimum atomic E-state index is -0.282. The maximum atomic E-state index is 12.4. The lowest BCUT2D eigenvalue weighted by Crippen LogP contribution is -2.32. The van der Waals surface area contributed by atoms with E-state index in [1.807, 2.05) is 32.0 Å². The SMILES string of the molecule is CC(C)[C@H](NC(=O)c1ccccc1)c1nnn(C[C@@H]2CCCO2)n1. The molecule has 1 aromatic heterocycles. The van der Waals surface area contributed by atoms with E-state index in [-0.39, 0.29) is 24.0 Å². The number of amides is 1. The molecule has 2 heterocycles. The van der Waals surface area contributed by atoms with Crippen LogP contribution in [0, 0.1) is 5.92 Å². The van der Waals surface area contributed by atoms with Gasteiger partial charge in [0.25, 0.3) is 5.91 Å². The molecular formula is C17H23N5O2. The molecule has 1 amide bonds. The van der Waals surface area contributed by atoms with Crippen molar-refractivity contribution < 1.29 is 9.53 Å². The number of hydrogen-bond acceptors (Lipinski definition) is 5. The highest BCUT2D eigenvalue weighted by Crippen LogP contribution is 2.19. The van der Waals surface area contributed by atoms with Crippen molar-refractivity contribution in [3.8, 4) is 0 Å². The van der Waals surface area contributed by atoms with Crippen molar-refractivity contribution >= 4 is 5.91 Å². The first kappa shape index (κ1) is 16.6. The van der Waals surface area contributed by atoms with Gasteiger partial charge in [-0.1, -0.05) is 32.0 Å². The molecule has 24 heavy (non-hydrogen) atoms. The number of tetrazole rings is 1. The molecular weight excluding hydrogens is 306 g/mol. The van der Waals surface area contributed by atoms with E-state index in [0.29, 0.717) is 17.9 Å². The molecule has 0 radical (unpaired) electrons. The van der Waals surface area contributed by atoms with Crippen LogP contribution in [0.1, 0.15) is 48.9 Å². The van der Waals surface area contributed by atoms with Crippen molar-refractivity contribution in [2.24, 2.45) is 5.92 Å². The van der Waals surface area contributed by atoms with Gasteiger partial charge in [-0.15, -0.1) is 10.2 Å². The first-order valence-electron chi connectivity index (χ1n) is 8.38. The Balaban J connectivity index is 1.69. The largest absolute Gasteiger partial charge is 0.376 e. The molecule has 7 heteroatoms. The van der Waals surface area contributed by atoms with E-state index in [2.05, 4.69) is 20.7 Å². The maximum absolute atomic E-state index is 12.4. The first-order valence-corrected chi connectivity index (χ1v) is 8.38. The van der Waals surface area contributed by atoms with Gasteiger partial charge in [0, 0.05) is 12.2 Å². The van der Waals surface area contributed by atoms with E-state index < -0.39 is 0 Å². The standard InChI is InChI=1S/C17H23N5O2/c1-12(2)15(18-17(23)13-7-4-3-5-8-13)16-19-21-22(20-16)11-14-9-6-10-24-14/h3-5,7-8,12,14-15H,6,9-11H2,1-2H3,(H,18,23)/t14-,15-/m0/s1. The molecule has 1 N–H and O–H groups in total. The van der Waals surface area contributed by atoms with E-state index in [0.717, 1.165) is 19.4 Å². The summed E-state index contributed by atoms with van der Waals surface area (Å²) < 4.78 is 5.60. The number of benzene rings is 1. The molecule has 0 aliphatic carbocycles. The highest BCUT2D eigenvalue weighted by Gasteiger charge is 2.25. The van der Waals surface area contributed by atoms with Crippen molar-refractivity contribution in [2.75, 3.05) is 6.61 Å². The summed E-state index contributed by atoms with van der Waals surface area (Å²) in [5.74, 6) is 0.551. The van der Waals surface area contributed by atoms with E-state index >= 15 is 0 Å². The number of carbonyl (C=O) groups is 1. The highest BCUT2D eigenvalue weighted by molar-refractivity contribution is 5.94. The lowest BCUT2D eigenvalue weighted by molar-refractivity contribution is 0.0891. The molecule has 7 nitrogen and oxygen atoms in total. The Bertz CT molecular complexity index is 665. The van der Waals surface area contributed by atoms with Crippen LogP contribution in [0.2, 0.25) is 0 Å². The third-order valence-electron chi connectivity index (χ3n) is 4.13. The zero-order valence-corrected chi connectivity index (χ0v) is 14.1. The Morgan fingerprint density at radius 3 is 2.83 bits per heavy atom. The Labute approximate surface area is 141 Å². The molecule has 2 aromatic rings. The molecule has 2 atom stereocenters. The van der Waals surface area contributed by atoms with Crippen LogP contribution in [0.15, 0.2) is 30.3 Å². The number of ether oxygens (including phenoxy) is 1. The minimum Gasteiger partial charge on any atom is -0.376 e. The molecule has 0 bridgehead atoms. The van der Waals surface area contributed by atoms with E-state index in [4.69, 9.17) is 4.74 Å². The third-order valence-corrected chi connectivity index (χ3v) is 4.13. The smallest absolute Gasteiger partial charge is 0.251 e. The van der Waals surface area contributed by atoms with Gasteiger partial charge >= 0.3 is 0 Å². The second-order valence-corrected chi connectivity index (χ2v) is 6.40.